The molecule has 0 saturated heterocycles. The molecule has 3 rings (SSSR count). The Hall–Kier alpha value is -1.99. The number of carbonyl (C=O) groups is 1. The summed E-state index contributed by atoms with van der Waals surface area (Å²) in [6.07, 6.45) is 0.273. The molecule has 0 aromatic carbocycles. The lowest BCUT2D eigenvalue weighted by Crippen LogP contribution is -2.15. The van der Waals surface area contributed by atoms with Crippen LogP contribution in [0.4, 0.5) is 5.69 Å². The molecule has 0 unspecified atom stereocenters. The SMILES string of the molecule is Cc1nn(C)c(C)c1NC(=O)Cc1csc(-c2cccs2)n1. The van der Waals surface area contributed by atoms with E-state index in [-0.39, 0.29) is 12.3 Å². The van der Waals surface area contributed by atoms with Gasteiger partial charge in [0.1, 0.15) is 5.01 Å². The predicted molar refractivity (Wildman–Crippen MR) is 90.4 cm³/mol. The molecule has 7 heteroatoms. The number of aromatic nitrogens is 3. The molecule has 1 amide bonds. The standard InChI is InChI=1S/C15H16N4OS2/c1-9-14(10(2)19(3)18-9)17-13(20)7-11-8-22-15(16-11)12-5-4-6-21-12/h4-6,8H,7H2,1-3H3,(H,17,20). The van der Waals surface area contributed by atoms with E-state index >= 15 is 0 Å². The van der Waals surface area contributed by atoms with Crippen molar-refractivity contribution in [1.29, 1.82) is 0 Å². The van der Waals surface area contributed by atoms with Crippen LogP contribution in [-0.2, 0) is 18.3 Å². The molecule has 0 atom stereocenters. The third-order valence-electron chi connectivity index (χ3n) is 3.40. The second-order valence-electron chi connectivity index (χ2n) is 5.02. The zero-order chi connectivity index (χ0) is 15.7. The number of carbonyl (C=O) groups excluding carboxylic acids is 1. The molecular formula is C15H16N4OS2. The Morgan fingerprint density at radius 2 is 2.18 bits per heavy atom. The summed E-state index contributed by atoms with van der Waals surface area (Å²) in [4.78, 5) is 17.9. The van der Waals surface area contributed by atoms with E-state index in [4.69, 9.17) is 0 Å². The van der Waals surface area contributed by atoms with E-state index in [0.29, 0.717) is 0 Å². The van der Waals surface area contributed by atoms with Gasteiger partial charge in [-0.1, -0.05) is 6.07 Å². The minimum Gasteiger partial charge on any atom is -0.323 e. The molecule has 3 aromatic rings. The molecule has 0 saturated carbocycles. The number of nitrogens with zero attached hydrogens (tertiary/aromatic N) is 3. The first-order chi connectivity index (χ1) is 10.5. The lowest BCUT2D eigenvalue weighted by molar-refractivity contribution is -0.115. The molecule has 0 aliphatic rings. The number of aryl methyl sites for hydroxylation is 2. The van der Waals surface area contributed by atoms with Crippen LogP contribution in [0, 0.1) is 13.8 Å². The fraction of sp³-hybridized carbons (Fsp3) is 0.267. The van der Waals surface area contributed by atoms with Gasteiger partial charge in [-0.15, -0.1) is 22.7 Å². The van der Waals surface area contributed by atoms with Gasteiger partial charge in [-0.25, -0.2) is 4.98 Å². The molecule has 22 heavy (non-hydrogen) atoms. The molecule has 0 aliphatic carbocycles. The number of thiazole rings is 1. The normalized spacial score (nSPS) is 10.9. The van der Waals surface area contributed by atoms with E-state index < -0.39 is 0 Å². The first-order valence-corrected chi connectivity index (χ1v) is 8.59. The van der Waals surface area contributed by atoms with E-state index in [0.717, 1.165) is 32.7 Å². The number of thiophene rings is 1. The van der Waals surface area contributed by atoms with Crippen LogP contribution in [0.1, 0.15) is 17.1 Å². The quantitative estimate of drug-likeness (QED) is 0.796. The monoisotopic (exact) mass is 332 g/mol. The van der Waals surface area contributed by atoms with E-state index in [1.807, 2.05) is 43.8 Å². The van der Waals surface area contributed by atoms with Gasteiger partial charge in [0.05, 0.1) is 34.1 Å². The minimum absolute atomic E-state index is 0.0674. The molecule has 5 nitrogen and oxygen atoms in total. The summed E-state index contributed by atoms with van der Waals surface area (Å²) in [5.41, 5.74) is 3.36. The van der Waals surface area contributed by atoms with Gasteiger partial charge in [0.25, 0.3) is 0 Å². The first kappa shape index (κ1) is 14.9. The third-order valence-corrected chi connectivity index (χ3v) is 5.33. The van der Waals surface area contributed by atoms with Gasteiger partial charge in [-0.2, -0.15) is 5.10 Å². The minimum atomic E-state index is -0.0674. The van der Waals surface area contributed by atoms with Crippen LogP contribution < -0.4 is 5.32 Å². The molecule has 3 aromatic heterocycles. The largest absolute Gasteiger partial charge is 0.323 e. The fourth-order valence-corrected chi connectivity index (χ4v) is 3.84. The maximum Gasteiger partial charge on any atom is 0.230 e. The number of hydrogen-bond donors (Lipinski definition) is 1. The Bertz CT molecular complexity index is 802. The van der Waals surface area contributed by atoms with Gasteiger partial charge in [0.2, 0.25) is 5.91 Å². The number of amides is 1. The van der Waals surface area contributed by atoms with Crippen molar-refractivity contribution >= 4 is 34.3 Å². The Morgan fingerprint density at radius 3 is 2.82 bits per heavy atom. The summed E-state index contributed by atoms with van der Waals surface area (Å²) < 4.78 is 1.77. The number of hydrogen-bond acceptors (Lipinski definition) is 5. The highest BCUT2D eigenvalue weighted by Gasteiger charge is 2.14. The molecule has 114 valence electrons. The van der Waals surface area contributed by atoms with Crippen LogP contribution in [-0.4, -0.2) is 20.7 Å². The molecule has 3 heterocycles. The highest BCUT2D eigenvalue weighted by Crippen LogP contribution is 2.28. The molecule has 0 fully saturated rings. The smallest absolute Gasteiger partial charge is 0.230 e. The van der Waals surface area contributed by atoms with Crippen LogP contribution in [0.2, 0.25) is 0 Å². The summed E-state index contributed by atoms with van der Waals surface area (Å²) in [5, 5.41) is 12.2. The van der Waals surface area contributed by atoms with E-state index in [9.17, 15) is 4.79 Å². The van der Waals surface area contributed by atoms with Crippen molar-refractivity contribution in [2.45, 2.75) is 20.3 Å². The van der Waals surface area contributed by atoms with Crippen molar-refractivity contribution in [3.8, 4) is 9.88 Å². The highest BCUT2D eigenvalue weighted by molar-refractivity contribution is 7.20. The third kappa shape index (κ3) is 2.95. The highest BCUT2D eigenvalue weighted by atomic mass is 32.1. The summed E-state index contributed by atoms with van der Waals surface area (Å²) in [6, 6.07) is 4.04. The summed E-state index contributed by atoms with van der Waals surface area (Å²) in [5.74, 6) is -0.0674. The zero-order valence-corrected chi connectivity index (χ0v) is 14.2. The van der Waals surface area contributed by atoms with Gasteiger partial charge in [-0.05, 0) is 25.3 Å². The number of rotatable bonds is 4. The van der Waals surface area contributed by atoms with Gasteiger partial charge in [-0.3, -0.25) is 9.48 Å². The van der Waals surface area contributed by atoms with Gasteiger partial charge < -0.3 is 5.32 Å². The van der Waals surface area contributed by atoms with Crippen LogP contribution in [0.15, 0.2) is 22.9 Å². The van der Waals surface area contributed by atoms with E-state index in [1.165, 1.54) is 0 Å². The van der Waals surface area contributed by atoms with E-state index in [1.54, 1.807) is 27.4 Å². The Balaban J connectivity index is 1.70. The maximum absolute atomic E-state index is 12.2. The Labute approximate surface area is 136 Å². The molecule has 0 spiro atoms. The molecular weight excluding hydrogens is 316 g/mol. The fourth-order valence-electron chi connectivity index (χ4n) is 2.20. The second kappa shape index (κ2) is 6.02. The van der Waals surface area contributed by atoms with Crippen molar-refractivity contribution < 1.29 is 4.79 Å². The van der Waals surface area contributed by atoms with Crippen molar-refractivity contribution in [2.75, 3.05) is 5.32 Å². The summed E-state index contributed by atoms with van der Waals surface area (Å²) in [7, 11) is 1.87. The van der Waals surface area contributed by atoms with Crippen LogP contribution in [0.3, 0.4) is 0 Å². The van der Waals surface area contributed by atoms with Crippen molar-refractivity contribution in [3.63, 3.8) is 0 Å². The topological polar surface area (TPSA) is 59.8 Å². The van der Waals surface area contributed by atoms with Crippen molar-refractivity contribution in [3.05, 3.63) is 40.0 Å². The lowest BCUT2D eigenvalue weighted by atomic mass is 10.2. The first-order valence-electron chi connectivity index (χ1n) is 6.83. The van der Waals surface area contributed by atoms with Gasteiger partial charge >= 0.3 is 0 Å². The van der Waals surface area contributed by atoms with Crippen LogP contribution >= 0.6 is 22.7 Å². The molecule has 0 aliphatic heterocycles. The Morgan fingerprint density at radius 1 is 1.36 bits per heavy atom. The summed E-state index contributed by atoms with van der Waals surface area (Å²) >= 11 is 3.22. The average Bonchev–Trinajstić information content (AvgIpc) is 3.17. The van der Waals surface area contributed by atoms with Gasteiger partial charge in [0, 0.05) is 12.4 Å². The lowest BCUT2D eigenvalue weighted by Gasteiger charge is -2.04. The van der Waals surface area contributed by atoms with E-state index in [2.05, 4.69) is 15.4 Å². The zero-order valence-electron chi connectivity index (χ0n) is 12.6. The predicted octanol–water partition coefficient (Wildman–Crippen LogP) is 3.40. The van der Waals surface area contributed by atoms with Crippen LogP contribution in [0.5, 0.6) is 0 Å². The average molecular weight is 332 g/mol. The van der Waals surface area contributed by atoms with Crippen molar-refractivity contribution in [1.82, 2.24) is 14.8 Å². The number of anilines is 1. The second-order valence-corrected chi connectivity index (χ2v) is 6.82. The number of nitrogens with one attached hydrogen (secondary N) is 1. The molecule has 1 N–H and O–H groups in total. The van der Waals surface area contributed by atoms with Crippen LogP contribution in [0.25, 0.3) is 9.88 Å². The Kier molecular flexibility index (Phi) is 4.08. The van der Waals surface area contributed by atoms with Gasteiger partial charge in [0.15, 0.2) is 0 Å². The van der Waals surface area contributed by atoms with Crippen molar-refractivity contribution in [2.24, 2.45) is 7.05 Å². The molecule has 0 bridgehead atoms. The molecule has 0 radical (unpaired) electrons. The maximum atomic E-state index is 12.2. The summed E-state index contributed by atoms with van der Waals surface area (Å²) in [6.45, 7) is 3.83.